The molecule has 0 saturated heterocycles. The summed E-state index contributed by atoms with van der Waals surface area (Å²) in [5.41, 5.74) is 2.57. The Balaban J connectivity index is 1.27. The van der Waals surface area contributed by atoms with Crippen LogP contribution in [0.3, 0.4) is 0 Å². The van der Waals surface area contributed by atoms with Crippen molar-refractivity contribution in [1.82, 2.24) is 0 Å². The number of anilines is 4. The quantitative estimate of drug-likeness (QED) is 0.0630. The highest BCUT2D eigenvalue weighted by atomic mass is 35.5. The van der Waals surface area contributed by atoms with Crippen molar-refractivity contribution in [3.63, 3.8) is 0 Å². The van der Waals surface area contributed by atoms with Crippen LogP contribution in [0.5, 0.6) is 0 Å². The maximum atomic E-state index is 13.3. The van der Waals surface area contributed by atoms with E-state index in [0.717, 1.165) is 19.4 Å². The second kappa shape index (κ2) is 20.9. The molecule has 318 valence electrons. The lowest BCUT2D eigenvalue weighted by atomic mass is 10.1. The predicted molar refractivity (Wildman–Crippen MR) is 243 cm³/mol. The van der Waals surface area contributed by atoms with Gasteiger partial charge in [-0.1, -0.05) is 81.7 Å². The highest BCUT2D eigenvalue weighted by Gasteiger charge is 2.27. The van der Waals surface area contributed by atoms with Crippen molar-refractivity contribution < 1.29 is 28.8 Å². The van der Waals surface area contributed by atoms with Crippen LogP contribution in [-0.4, -0.2) is 47.3 Å². The predicted octanol–water partition coefficient (Wildman–Crippen LogP) is 12.1. The Bertz CT molecular complexity index is 2580. The summed E-state index contributed by atoms with van der Waals surface area (Å²) in [7, 11) is 0. The van der Waals surface area contributed by atoms with Crippen molar-refractivity contribution in [3.05, 3.63) is 137 Å². The van der Waals surface area contributed by atoms with Crippen molar-refractivity contribution in [2.45, 2.75) is 39.8 Å². The summed E-state index contributed by atoms with van der Waals surface area (Å²) in [6, 6.07) is 17.5. The molecule has 2 unspecified atom stereocenters. The van der Waals surface area contributed by atoms with E-state index >= 15 is 0 Å². The molecule has 14 nitrogen and oxygen atoms in total. The molecule has 0 radical (unpaired) electrons. The number of rotatable bonds is 14. The van der Waals surface area contributed by atoms with E-state index in [0.29, 0.717) is 27.0 Å². The Morgan fingerprint density at radius 1 is 0.484 bits per heavy atom. The number of halogens is 6. The van der Waals surface area contributed by atoms with Crippen molar-refractivity contribution in [2.24, 2.45) is 20.5 Å². The minimum atomic E-state index is -1.69. The molecule has 0 spiro atoms. The summed E-state index contributed by atoms with van der Waals surface area (Å²) in [6.07, 6.45) is 0. The van der Waals surface area contributed by atoms with Crippen LogP contribution in [-0.2, 0) is 19.2 Å². The average molecular weight is 957 g/mol. The summed E-state index contributed by atoms with van der Waals surface area (Å²) in [5.74, 6) is -4.31. The normalized spacial score (nSPS) is 12.2. The van der Waals surface area contributed by atoms with E-state index < -0.39 is 47.3 Å². The first-order chi connectivity index (χ1) is 29.3. The molecule has 0 aliphatic heterocycles. The molecule has 0 aliphatic carbocycles. The third-order valence-corrected chi connectivity index (χ3v) is 10.7. The lowest BCUT2D eigenvalue weighted by Gasteiger charge is -2.15. The molecule has 4 amide bonds. The van der Waals surface area contributed by atoms with E-state index in [1.165, 1.54) is 48.5 Å². The highest BCUT2D eigenvalue weighted by Crippen LogP contribution is 2.34. The van der Waals surface area contributed by atoms with Crippen LogP contribution in [0.2, 0.25) is 30.1 Å². The molecular weight excluding hydrogens is 925 g/mol. The Morgan fingerprint density at radius 2 is 0.952 bits per heavy atom. The summed E-state index contributed by atoms with van der Waals surface area (Å²) in [6.45, 7) is 5.77. The number of benzene rings is 5. The van der Waals surface area contributed by atoms with Crippen LogP contribution in [0.15, 0.2) is 105 Å². The lowest BCUT2D eigenvalue weighted by Crippen LogP contribution is -2.32. The van der Waals surface area contributed by atoms with Crippen LogP contribution in [0.4, 0.5) is 34.1 Å². The van der Waals surface area contributed by atoms with Crippen LogP contribution in [0.25, 0.3) is 0 Å². The Hall–Kier alpha value is -5.74. The van der Waals surface area contributed by atoms with Gasteiger partial charge in [0.2, 0.25) is 12.1 Å². The number of aryl methyl sites for hydroxylation is 1. The number of carbonyl (C=O) groups excluding carboxylic acids is 6. The average Bonchev–Trinajstić information content (AvgIpc) is 3.21. The zero-order valence-electron chi connectivity index (χ0n) is 32.7. The van der Waals surface area contributed by atoms with Gasteiger partial charge in [0.25, 0.3) is 23.6 Å². The van der Waals surface area contributed by atoms with Gasteiger partial charge in [0.05, 0.1) is 31.5 Å². The lowest BCUT2D eigenvalue weighted by molar-refractivity contribution is -0.127. The molecule has 0 aliphatic rings. The maximum Gasteiger partial charge on any atom is 0.258 e. The largest absolute Gasteiger partial charge is 0.322 e. The second-order valence-electron chi connectivity index (χ2n) is 13.4. The number of nitrogens with zero attached hydrogens (tertiary/aromatic N) is 4. The molecule has 5 aromatic rings. The van der Waals surface area contributed by atoms with Gasteiger partial charge in [-0.05, 0) is 112 Å². The van der Waals surface area contributed by atoms with E-state index in [2.05, 4.69) is 41.7 Å². The SMILES string of the molecule is CC(=O)C(N=Nc1cc(C(=O)Nc2cc(Cl)ccc2C)ccc1Cl)C(=O)Nc1cc(Cl)c(NC(=O)C(N=Nc2cc(C(=O)Nc3cccc(Cl)c3C)ccc2Cl)C(C)=O)cc1Cl. The highest BCUT2D eigenvalue weighted by molar-refractivity contribution is 6.38. The molecule has 0 bridgehead atoms. The zero-order chi connectivity index (χ0) is 45.4. The molecule has 62 heavy (non-hydrogen) atoms. The topological polar surface area (TPSA) is 200 Å². The first-order valence-electron chi connectivity index (χ1n) is 18.0. The fourth-order valence-corrected chi connectivity index (χ4v) is 6.42. The minimum absolute atomic E-state index is 0.00484. The van der Waals surface area contributed by atoms with Gasteiger partial charge >= 0.3 is 0 Å². The van der Waals surface area contributed by atoms with Crippen molar-refractivity contribution >= 4 is 139 Å². The summed E-state index contributed by atoms with van der Waals surface area (Å²) >= 11 is 37.7. The number of carbonyl (C=O) groups is 6. The molecule has 2 atom stereocenters. The van der Waals surface area contributed by atoms with Gasteiger partial charge in [-0.25, -0.2) is 0 Å². The minimum Gasteiger partial charge on any atom is -0.322 e. The molecule has 4 N–H and O–H groups in total. The fraction of sp³-hybridized carbons (Fsp3) is 0.143. The van der Waals surface area contributed by atoms with Gasteiger partial charge in [-0.15, -0.1) is 0 Å². The van der Waals surface area contributed by atoms with Gasteiger partial charge < -0.3 is 21.3 Å². The summed E-state index contributed by atoms with van der Waals surface area (Å²) < 4.78 is 0. The molecule has 5 aromatic carbocycles. The van der Waals surface area contributed by atoms with Crippen LogP contribution in [0, 0.1) is 13.8 Å². The monoisotopic (exact) mass is 954 g/mol. The van der Waals surface area contributed by atoms with E-state index in [4.69, 9.17) is 69.6 Å². The molecule has 20 heteroatoms. The first kappa shape index (κ1) is 47.3. The van der Waals surface area contributed by atoms with E-state index in [1.807, 2.05) is 0 Å². The Morgan fingerprint density at radius 3 is 1.42 bits per heavy atom. The zero-order valence-corrected chi connectivity index (χ0v) is 37.3. The molecule has 0 heterocycles. The molecule has 0 fully saturated rings. The van der Waals surface area contributed by atoms with Crippen molar-refractivity contribution in [2.75, 3.05) is 21.3 Å². The van der Waals surface area contributed by atoms with Crippen LogP contribution in [0.1, 0.15) is 45.7 Å². The van der Waals surface area contributed by atoms with Gasteiger partial charge in [-0.3, -0.25) is 28.8 Å². The number of hydrogen-bond acceptors (Lipinski definition) is 10. The fourth-order valence-electron chi connectivity index (χ4n) is 5.34. The second-order valence-corrected chi connectivity index (χ2v) is 15.8. The Labute approximate surface area is 384 Å². The van der Waals surface area contributed by atoms with Crippen molar-refractivity contribution in [3.8, 4) is 0 Å². The number of amides is 4. The Kier molecular flexibility index (Phi) is 15.9. The van der Waals surface area contributed by atoms with Crippen molar-refractivity contribution in [1.29, 1.82) is 0 Å². The molecule has 0 aromatic heterocycles. The summed E-state index contributed by atoms with van der Waals surface area (Å²) in [4.78, 5) is 77.8. The van der Waals surface area contributed by atoms with Gasteiger partial charge in [0.1, 0.15) is 11.4 Å². The third kappa shape index (κ3) is 12.0. The standard InChI is InChI=1S/C42H32Cl6N8O6/c1-19-8-11-25(43)16-32(19)50-40(60)24-10-13-28(46)36(15-24)54-56-38(22(4)58)42(62)52-34-18-29(47)33(17-30(34)48)51-41(61)37(21(3)57)55-53-35-14-23(9-12-27(35)45)39(59)49-31-7-5-6-26(44)20(31)2/h5-18,37-38H,1-4H3,(H,49,59)(H,50,60)(H,51,61)(H,52,62). The number of azo groups is 2. The molecule has 0 saturated carbocycles. The first-order valence-corrected chi connectivity index (χ1v) is 20.3. The smallest absolute Gasteiger partial charge is 0.258 e. The maximum absolute atomic E-state index is 13.3. The number of nitrogens with one attached hydrogen (secondary N) is 4. The number of Topliss-reactive ketones (excluding diaryl/α,β-unsaturated/α-hetero) is 2. The van der Waals surface area contributed by atoms with E-state index in [-0.39, 0.29) is 54.0 Å². The van der Waals surface area contributed by atoms with Crippen LogP contribution < -0.4 is 21.3 Å². The summed E-state index contributed by atoms with van der Waals surface area (Å²) in [5, 5.41) is 27.0. The van der Waals surface area contributed by atoms with E-state index in [9.17, 15) is 28.8 Å². The van der Waals surface area contributed by atoms with Crippen LogP contribution >= 0.6 is 69.6 Å². The van der Waals surface area contributed by atoms with Gasteiger partial charge in [-0.2, -0.15) is 20.5 Å². The number of hydrogen-bond donors (Lipinski definition) is 4. The third-order valence-electron chi connectivity index (χ3n) is 8.78. The van der Waals surface area contributed by atoms with Gasteiger partial charge in [0, 0.05) is 32.5 Å². The number of ketones is 2. The van der Waals surface area contributed by atoms with Gasteiger partial charge in [0.15, 0.2) is 11.6 Å². The van der Waals surface area contributed by atoms with E-state index in [1.54, 1.807) is 50.2 Å². The molecular formula is C42H32Cl6N8O6. The molecule has 5 rings (SSSR count).